The van der Waals surface area contributed by atoms with Gasteiger partial charge >= 0.3 is 0 Å². The summed E-state index contributed by atoms with van der Waals surface area (Å²) >= 11 is 6.16. The van der Waals surface area contributed by atoms with Gasteiger partial charge in [0.05, 0.1) is 0 Å². The maximum atomic E-state index is 6.16. The van der Waals surface area contributed by atoms with E-state index in [1.54, 1.807) is 0 Å². The molecule has 1 aromatic heterocycles. The van der Waals surface area contributed by atoms with Gasteiger partial charge in [-0.2, -0.15) is 4.98 Å². The van der Waals surface area contributed by atoms with Crippen molar-refractivity contribution in [2.75, 3.05) is 6.54 Å². The third-order valence-corrected chi connectivity index (χ3v) is 4.69. The first-order valence-electron chi connectivity index (χ1n) is 7.52. The van der Waals surface area contributed by atoms with Crippen molar-refractivity contribution in [1.82, 2.24) is 10.1 Å². The predicted molar refractivity (Wildman–Crippen MR) is 82.3 cm³/mol. The minimum atomic E-state index is 0.389. The normalized spacial score (nSPS) is 22.4. The summed E-state index contributed by atoms with van der Waals surface area (Å²) < 4.78 is 5.45. The fourth-order valence-electron chi connectivity index (χ4n) is 2.96. The van der Waals surface area contributed by atoms with Gasteiger partial charge in [-0.15, -0.1) is 0 Å². The summed E-state index contributed by atoms with van der Waals surface area (Å²) in [4.78, 5) is 4.55. The van der Waals surface area contributed by atoms with E-state index >= 15 is 0 Å². The maximum absolute atomic E-state index is 6.16. The lowest BCUT2D eigenvalue weighted by molar-refractivity contribution is 0.274. The minimum Gasteiger partial charge on any atom is -0.339 e. The Hall–Kier alpha value is -1.39. The highest BCUT2D eigenvalue weighted by molar-refractivity contribution is 6.31. The number of nitrogens with two attached hydrogens (primary N) is 1. The molecule has 2 N–H and O–H groups in total. The lowest BCUT2D eigenvalue weighted by atomic mass is 9.82. The second-order valence-corrected chi connectivity index (χ2v) is 6.18. The van der Waals surface area contributed by atoms with Gasteiger partial charge < -0.3 is 10.3 Å². The van der Waals surface area contributed by atoms with Crippen molar-refractivity contribution in [3.8, 4) is 0 Å². The molecule has 1 aliphatic rings. The van der Waals surface area contributed by atoms with Crippen LogP contribution >= 0.6 is 11.6 Å². The zero-order valence-electron chi connectivity index (χ0n) is 12.0. The molecular formula is C16H20ClN3O. The summed E-state index contributed by atoms with van der Waals surface area (Å²) in [6.07, 6.45) is 5.11. The van der Waals surface area contributed by atoms with Crippen LogP contribution in [0.15, 0.2) is 28.8 Å². The standard InChI is InChI=1S/C16H20ClN3O/c17-14-4-2-1-3-13(14)9-15-19-16(21-20-15)12-7-5-11(10-18)6-8-12/h1-4,11-12H,5-10,18H2. The molecule has 0 radical (unpaired) electrons. The Morgan fingerprint density at radius 2 is 1.95 bits per heavy atom. The summed E-state index contributed by atoms with van der Waals surface area (Å²) in [5.41, 5.74) is 6.75. The molecule has 112 valence electrons. The van der Waals surface area contributed by atoms with Gasteiger partial charge in [0.25, 0.3) is 0 Å². The average Bonchev–Trinajstić information content (AvgIpc) is 2.98. The second-order valence-electron chi connectivity index (χ2n) is 5.77. The molecule has 0 bridgehead atoms. The number of halogens is 1. The van der Waals surface area contributed by atoms with E-state index in [2.05, 4.69) is 10.1 Å². The lowest BCUT2D eigenvalue weighted by Crippen LogP contribution is -2.20. The molecule has 1 fully saturated rings. The first-order chi connectivity index (χ1) is 10.3. The number of hydrogen-bond acceptors (Lipinski definition) is 4. The number of rotatable bonds is 4. The van der Waals surface area contributed by atoms with Crippen LogP contribution in [0.4, 0.5) is 0 Å². The topological polar surface area (TPSA) is 64.9 Å². The molecule has 1 heterocycles. The second kappa shape index (κ2) is 6.58. The van der Waals surface area contributed by atoms with E-state index in [9.17, 15) is 0 Å². The van der Waals surface area contributed by atoms with Crippen LogP contribution in [0.2, 0.25) is 5.02 Å². The van der Waals surface area contributed by atoms with Crippen molar-refractivity contribution >= 4 is 11.6 Å². The summed E-state index contributed by atoms with van der Waals surface area (Å²) in [5, 5.41) is 4.84. The molecule has 0 spiro atoms. The first kappa shape index (κ1) is 14.5. The third-order valence-electron chi connectivity index (χ3n) is 4.32. The van der Waals surface area contributed by atoms with E-state index in [1.807, 2.05) is 24.3 Å². The molecule has 1 saturated carbocycles. The van der Waals surface area contributed by atoms with Crippen LogP contribution in [0.25, 0.3) is 0 Å². The Morgan fingerprint density at radius 1 is 1.19 bits per heavy atom. The highest BCUT2D eigenvalue weighted by atomic mass is 35.5. The van der Waals surface area contributed by atoms with E-state index < -0.39 is 0 Å². The van der Waals surface area contributed by atoms with E-state index in [4.69, 9.17) is 21.9 Å². The smallest absolute Gasteiger partial charge is 0.229 e. The number of aromatic nitrogens is 2. The Labute approximate surface area is 129 Å². The largest absolute Gasteiger partial charge is 0.339 e. The van der Waals surface area contributed by atoms with Crippen LogP contribution in [0, 0.1) is 5.92 Å². The van der Waals surface area contributed by atoms with Crippen molar-refractivity contribution in [2.45, 2.75) is 38.0 Å². The van der Waals surface area contributed by atoms with Crippen molar-refractivity contribution in [3.05, 3.63) is 46.6 Å². The number of nitrogens with zero attached hydrogens (tertiary/aromatic N) is 2. The SMILES string of the molecule is NCC1CCC(c2nc(Cc3ccccc3Cl)no2)CC1. The molecule has 0 unspecified atom stereocenters. The highest BCUT2D eigenvalue weighted by Gasteiger charge is 2.25. The van der Waals surface area contributed by atoms with Gasteiger partial charge in [-0.05, 0) is 49.8 Å². The van der Waals surface area contributed by atoms with Crippen LogP contribution in [-0.2, 0) is 6.42 Å². The molecule has 2 aromatic rings. The highest BCUT2D eigenvalue weighted by Crippen LogP contribution is 2.34. The summed E-state index contributed by atoms with van der Waals surface area (Å²) in [6, 6.07) is 7.76. The van der Waals surface area contributed by atoms with Gasteiger partial charge in [0.15, 0.2) is 5.82 Å². The van der Waals surface area contributed by atoms with Crippen LogP contribution in [-0.4, -0.2) is 16.7 Å². The molecular weight excluding hydrogens is 286 g/mol. The molecule has 0 amide bonds. The van der Waals surface area contributed by atoms with Crippen molar-refractivity contribution in [1.29, 1.82) is 0 Å². The van der Waals surface area contributed by atoms with E-state index in [0.717, 1.165) is 48.7 Å². The molecule has 1 aliphatic carbocycles. The van der Waals surface area contributed by atoms with E-state index in [0.29, 0.717) is 24.1 Å². The molecule has 0 saturated heterocycles. The summed E-state index contributed by atoms with van der Waals surface area (Å²) in [7, 11) is 0. The fourth-order valence-corrected chi connectivity index (χ4v) is 3.16. The first-order valence-corrected chi connectivity index (χ1v) is 7.90. The van der Waals surface area contributed by atoms with Gasteiger partial charge in [0.2, 0.25) is 5.89 Å². The molecule has 5 heteroatoms. The van der Waals surface area contributed by atoms with Crippen LogP contribution < -0.4 is 5.73 Å². The molecule has 3 rings (SSSR count). The van der Waals surface area contributed by atoms with Crippen LogP contribution in [0.3, 0.4) is 0 Å². The average molecular weight is 306 g/mol. The Kier molecular flexibility index (Phi) is 4.56. The van der Waals surface area contributed by atoms with Crippen LogP contribution in [0.1, 0.15) is 48.9 Å². The summed E-state index contributed by atoms with van der Waals surface area (Å²) in [5.74, 6) is 2.53. The van der Waals surface area contributed by atoms with E-state index in [-0.39, 0.29) is 0 Å². The van der Waals surface area contributed by atoms with Gasteiger partial charge in [0.1, 0.15) is 0 Å². The number of hydrogen-bond donors (Lipinski definition) is 1. The third kappa shape index (κ3) is 3.44. The number of benzene rings is 1. The Balaban J connectivity index is 1.65. The monoisotopic (exact) mass is 305 g/mol. The minimum absolute atomic E-state index is 0.389. The van der Waals surface area contributed by atoms with Crippen LogP contribution in [0.5, 0.6) is 0 Å². The van der Waals surface area contributed by atoms with E-state index in [1.165, 1.54) is 0 Å². The van der Waals surface area contributed by atoms with Gasteiger partial charge in [-0.25, -0.2) is 0 Å². The Morgan fingerprint density at radius 3 is 2.67 bits per heavy atom. The zero-order chi connectivity index (χ0) is 14.7. The maximum Gasteiger partial charge on any atom is 0.229 e. The van der Waals surface area contributed by atoms with Gasteiger partial charge in [0, 0.05) is 17.4 Å². The molecule has 0 atom stereocenters. The van der Waals surface area contributed by atoms with Crippen molar-refractivity contribution < 1.29 is 4.52 Å². The molecule has 0 aliphatic heterocycles. The summed E-state index contributed by atoms with van der Waals surface area (Å²) in [6.45, 7) is 0.786. The molecule has 1 aromatic carbocycles. The van der Waals surface area contributed by atoms with Gasteiger partial charge in [-0.1, -0.05) is 35.0 Å². The van der Waals surface area contributed by atoms with Gasteiger partial charge in [-0.3, -0.25) is 0 Å². The predicted octanol–water partition coefficient (Wildman–Crippen LogP) is 3.55. The molecule has 4 nitrogen and oxygen atoms in total. The lowest BCUT2D eigenvalue weighted by Gasteiger charge is -2.24. The zero-order valence-corrected chi connectivity index (χ0v) is 12.7. The quantitative estimate of drug-likeness (QED) is 0.938. The molecule has 21 heavy (non-hydrogen) atoms. The van der Waals surface area contributed by atoms with Crippen molar-refractivity contribution in [2.24, 2.45) is 11.7 Å². The Bertz CT molecular complexity index is 591. The van der Waals surface area contributed by atoms with Crippen molar-refractivity contribution in [3.63, 3.8) is 0 Å². The fraction of sp³-hybridized carbons (Fsp3) is 0.500.